The number of hydrogen-bond acceptors (Lipinski definition) is 5. The molecule has 2 fully saturated rings. The van der Waals surface area contributed by atoms with Gasteiger partial charge in [0.2, 0.25) is 15.9 Å². The van der Waals surface area contributed by atoms with E-state index >= 15 is 0 Å². The first-order chi connectivity index (χ1) is 10.6. The summed E-state index contributed by atoms with van der Waals surface area (Å²) in [7, 11) is -3.09. The van der Waals surface area contributed by atoms with Crippen LogP contribution in [0.15, 0.2) is 24.4 Å². The molecule has 1 aliphatic heterocycles. The van der Waals surface area contributed by atoms with Crippen LogP contribution in [-0.2, 0) is 14.8 Å². The van der Waals surface area contributed by atoms with Crippen molar-refractivity contribution in [3.63, 3.8) is 0 Å². The van der Waals surface area contributed by atoms with Crippen molar-refractivity contribution >= 4 is 21.7 Å². The van der Waals surface area contributed by atoms with Gasteiger partial charge in [0.1, 0.15) is 5.82 Å². The van der Waals surface area contributed by atoms with Crippen LogP contribution in [0.1, 0.15) is 12.8 Å². The van der Waals surface area contributed by atoms with E-state index in [1.165, 1.54) is 0 Å². The first-order valence-electron chi connectivity index (χ1n) is 7.48. The van der Waals surface area contributed by atoms with E-state index in [1.807, 2.05) is 11.0 Å². The van der Waals surface area contributed by atoms with Gasteiger partial charge in [-0.05, 0) is 25.0 Å². The number of amides is 1. The van der Waals surface area contributed by atoms with Crippen molar-refractivity contribution in [1.29, 1.82) is 0 Å². The van der Waals surface area contributed by atoms with Gasteiger partial charge in [0.15, 0.2) is 0 Å². The molecule has 0 aromatic carbocycles. The molecule has 1 aromatic rings. The van der Waals surface area contributed by atoms with Gasteiger partial charge in [-0.3, -0.25) is 9.69 Å². The number of sulfonamides is 1. The first kappa shape index (κ1) is 15.4. The SMILES string of the molecule is O=C(CN1CCN(S(=O)(=O)C2CC2)CC1)Nc1ccccn1. The lowest BCUT2D eigenvalue weighted by Gasteiger charge is -2.33. The second kappa shape index (κ2) is 6.31. The Morgan fingerprint density at radius 1 is 1.23 bits per heavy atom. The molecule has 0 spiro atoms. The molecule has 1 saturated heterocycles. The molecule has 22 heavy (non-hydrogen) atoms. The number of piperazine rings is 1. The van der Waals surface area contributed by atoms with Crippen molar-refractivity contribution in [3.05, 3.63) is 24.4 Å². The summed E-state index contributed by atoms with van der Waals surface area (Å²) in [5.41, 5.74) is 0. The van der Waals surface area contributed by atoms with E-state index in [0.717, 1.165) is 12.8 Å². The van der Waals surface area contributed by atoms with Crippen molar-refractivity contribution < 1.29 is 13.2 Å². The quantitative estimate of drug-likeness (QED) is 0.832. The van der Waals surface area contributed by atoms with Crippen LogP contribution in [-0.4, -0.2) is 66.5 Å². The highest BCUT2D eigenvalue weighted by Gasteiger charge is 2.40. The third-order valence-electron chi connectivity index (χ3n) is 3.94. The van der Waals surface area contributed by atoms with Crippen LogP contribution in [0.2, 0.25) is 0 Å². The molecule has 7 nitrogen and oxygen atoms in total. The normalized spacial score (nSPS) is 20.7. The molecule has 120 valence electrons. The Morgan fingerprint density at radius 2 is 1.95 bits per heavy atom. The van der Waals surface area contributed by atoms with Gasteiger partial charge in [-0.15, -0.1) is 0 Å². The first-order valence-corrected chi connectivity index (χ1v) is 8.98. The lowest BCUT2D eigenvalue weighted by Crippen LogP contribution is -2.51. The second-order valence-electron chi connectivity index (χ2n) is 5.68. The van der Waals surface area contributed by atoms with Crippen LogP contribution in [0.5, 0.6) is 0 Å². The van der Waals surface area contributed by atoms with Gasteiger partial charge in [0.25, 0.3) is 0 Å². The molecule has 1 aliphatic carbocycles. The molecule has 2 heterocycles. The van der Waals surface area contributed by atoms with Gasteiger partial charge in [-0.2, -0.15) is 4.31 Å². The minimum absolute atomic E-state index is 0.128. The minimum atomic E-state index is -3.09. The Bertz CT molecular complexity index is 623. The molecule has 3 rings (SSSR count). The van der Waals surface area contributed by atoms with Gasteiger partial charge in [-0.1, -0.05) is 6.07 Å². The van der Waals surface area contributed by atoms with Gasteiger partial charge in [-0.25, -0.2) is 13.4 Å². The second-order valence-corrected chi connectivity index (χ2v) is 7.90. The average molecular weight is 324 g/mol. The predicted octanol–water partition coefficient (Wildman–Crippen LogP) is 0.130. The molecule has 1 saturated carbocycles. The van der Waals surface area contributed by atoms with Gasteiger partial charge in [0, 0.05) is 32.4 Å². The Hall–Kier alpha value is -1.51. The number of nitrogens with zero attached hydrogens (tertiary/aromatic N) is 3. The number of nitrogens with one attached hydrogen (secondary N) is 1. The average Bonchev–Trinajstić information content (AvgIpc) is 3.34. The predicted molar refractivity (Wildman–Crippen MR) is 82.8 cm³/mol. The molecular formula is C14H20N4O3S. The molecule has 1 amide bonds. The summed E-state index contributed by atoms with van der Waals surface area (Å²) in [6.45, 7) is 2.36. The van der Waals surface area contributed by atoms with Gasteiger partial charge in [0.05, 0.1) is 11.8 Å². The number of anilines is 1. The van der Waals surface area contributed by atoms with Crippen molar-refractivity contribution in [1.82, 2.24) is 14.2 Å². The maximum Gasteiger partial charge on any atom is 0.239 e. The summed E-state index contributed by atoms with van der Waals surface area (Å²) < 4.78 is 25.8. The number of hydrogen-bond donors (Lipinski definition) is 1. The summed E-state index contributed by atoms with van der Waals surface area (Å²) in [6, 6.07) is 5.33. The number of pyridine rings is 1. The third-order valence-corrected chi connectivity index (χ3v) is 6.34. The number of carbonyl (C=O) groups is 1. The summed E-state index contributed by atoms with van der Waals surface area (Å²) in [4.78, 5) is 18.0. The van der Waals surface area contributed by atoms with Crippen molar-refractivity contribution in [2.24, 2.45) is 0 Å². The zero-order valence-electron chi connectivity index (χ0n) is 12.3. The number of rotatable bonds is 5. The van der Waals surface area contributed by atoms with Crippen LogP contribution < -0.4 is 5.32 Å². The highest BCUT2D eigenvalue weighted by Crippen LogP contribution is 2.31. The van der Waals surface area contributed by atoms with E-state index in [1.54, 1.807) is 22.6 Å². The molecule has 1 N–H and O–H groups in total. The molecule has 2 aliphatic rings. The Kier molecular flexibility index (Phi) is 4.42. The largest absolute Gasteiger partial charge is 0.310 e. The van der Waals surface area contributed by atoms with E-state index in [2.05, 4.69) is 10.3 Å². The summed E-state index contributed by atoms with van der Waals surface area (Å²) in [6.07, 6.45) is 3.20. The van der Waals surface area contributed by atoms with Crippen LogP contribution >= 0.6 is 0 Å². The van der Waals surface area contributed by atoms with Crippen LogP contribution in [0.3, 0.4) is 0 Å². The van der Waals surface area contributed by atoms with Crippen LogP contribution in [0.25, 0.3) is 0 Å². The highest BCUT2D eigenvalue weighted by molar-refractivity contribution is 7.90. The highest BCUT2D eigenvalue weighted by atomic mass is 32.2. The lowest BCUT2D eigenvalue weighted by molar-refractivity contribution is -0.117. The molecule has 0 unspecified atom stereocenters. The van der Waals surface area contributed by atoms with E-state index < -0.39 is 10.0 Å². The van der Waals surface area contributed by atoms with E-state index in [9.17, 15) is 13.2 Å². The number of carbonyl (C=O) groups excluding carboxylic acids is 1. The maximum atomic E-state index is 12.1. The van der Waals surface area contributed by atoms with E-state index in [4.69, 9.17) is 0 Å². The molecule has 0 radical (unpaired) electrons. The van der Waals surface area contributed by atoms with Crippen molar-refractivity contribution in [2.75, 3.05) is 38.0 Å². The topological polar surface area (TPSA) is 82.6 Å². The fourth-order valence-electron chi connectivity index (χ4n) is 2.54. The molecular weight excluding hydrogens is 304 g/mol. The minimum Gasteiger partial charge on any atom is -0.310 e. The fraction of sp³-hybridized carbons (Fsp3) is 0.571. The summed E-state index contributed by atoms with van der Waals surface area (Å²) in [5.74, 6) is 0.402. The summed E-state index contributed by atoms with van der Waals surface area (Å²) in [5, 5.41) is 2.57. The molecule has 0 atom stereocenters. The fourth-order valence-corrected chi connectivity index (χ4v) is 4.37. The Morgan fingerprint density at radius 3 is 2.55 bits per heavy atom. The maximum absolute atomic E-state index is 12.1. The summed E-state index contributed by atoms with van der Waals surface area (Å²) >= 11 is 0. The Balaban J connectivity index is 1.46. The van der Waals surface area contributed by atoms with E-state index in [0.29, 0.717) is 32.0 Å². The standard InChI is InChI=1S/C14H20N4O3S/c19-14(16-13-3-1-2-6-15-13)11-17-7-9-18(10-8-17)22(20,21)12-4-5-12/h1-3,6,12H,4-5,7-11H2,(H,15,16,19). The van der Waals surface area contributed by atoms with E-state index in [-0.39, 0.29) is 17.7 Å². The third kappa shape index (κ3) is 3.63. The molecule has 8 heteroatoms. The lowest BCUT2D eigenvalue weighted by atomic mass is 10.3. The molecule has 1 aromatic heterocycles. The Labute approximate surface area is 130 Å². The zero-order valence-corrected chi connectivity index (χ0v) is 13.1. The monoisotopic (exact) mass is 324 g/mol. The van der Waals surface area contributed by atoms with Crippen molar-refractivity contribution in [3.8, 4) is 0 Å². The van der Waals surface area contributed by atoms with Crippen LogP contribution in [0.4, 0.5) is 5.82 Å². The zero-order chi connectivity index (χ0) is 15.6. The van der Waals surface area contributed by atoms with Crippen LogP contribution in [0, 0.1) is 0 Å². The van der Waals surface area contributed by atoms with Gasteiger partial charge < -0.3 is 5.32 Å². The van der Waals surface area contributed by atoms with Gasteiger partial charge >= 0.3 is 0 Å². The number of aromatic nitrogens is 1. The molecule has 0 bridgehead atoms. The van der Waals surface area contributed by atoms with Crippen molar-refractivity contribution in [2.45, 2.75) is 18.1 Å². The smallest absolute Gasteiger partial charge is 0.239 e.